The van der Waals surface area contributed by atoms with Crippen LogP contribution in [0.4, 0.5) is 4.39 Å². The number of carbonyl (C=O) groups is 1. The number of carbonyl (C=O) groups excluding carboxylic acids is 1. The molecule has 1 aromatic carbocycles. The van der Waals surface area contributed by atoms with Crippen molar-refractivity contribution < 1.29 is 9.18 Å². The molecule has 0 radical (unpaired) electrons. The van der Waals surface area contributed by atoms with Crippen molar-refractivity contribution in [3.05, 3.63) is 65.7 Å². The number of nitrogens with zero attached hydrogens (tertiary/aromatic N) is 2. The standard InChI is InChI=1S/C20H24FN3O/c1-15(17-4-6-18(21)7-5-17)24-19(8-9-20(24)25)10-12-23-14-16-3-2-11-22-13-16/h2-7,11,13,15,19,23H,8-10,12,14H2,1H3/t15-,19+/m1/s1. The second kappa shape index (κ2) is 8.21. The molecule has 2 heterocycles. The van der Waals surface area contributed by atoms with Crippen LogP contribution in [0.1, 0.15) is 43.4 Å². The quantitative estimate of drug-likeness (QED) is 0.785. The first-order chi connectivity index (χ1) is 12.1. The lowest BCUT2D eigenvalue weighted by Gasteiger charge is -2.31. The third-order valence-corrected chi connectivity index (χ3v) is 4.85. The van der Waals surface area contributed by atoms with Crippen molar-refractivity contribution in [1.29, 1.82) is 0 Å². The highest BCUT2D eigenvalue weighted by Gasteiger charge is 2.34. The van der Waals surface area contributed by atoms with Crippen LogP contribution in [0, 0.1) is 5.82 Å². The molecule has 25 heavy (non-hydrogen) atoms. The number of likely N-dealkylation sites (tertiary alicyclic amines) is 1. The number of hydrogen-bond donors (Lipinski definition) is 1. The lowest BCUT2D eigenvalue weighted by Crippen LogP contribution is -2.37. The maximum absolute atomic E-state index is 13.1. The minimum absolute atomic E-state index is 0.0288. The monoisotopic (exact) mass is 341 g/mol. The van der Waals surface area contributed by atoms with Gasteiger partial charge in [-0.1, -0.05) is 18.2 Å². The van der Waals surface area contributed by atoms with Crippen LogP contribution in [-0.2, 0) is 11.3 Å². The van der Waals surface area contributed by atoms with Gasteiger partial charge in [0.2, 0.25) is 5.91 Å². The fourth-order valence-corrected chi connectivity index (χ4v) is 3.48. The van der Waals surface area contributed by atoms with Crippen LogP contribution < -0.4 is 5.32 Å². The Morgan fingerprint density at radius 3 is 2.84 bits per heavy atom. The fraction of sp³-hybridized carbons (Fsp3) is 0.400. The van der Waals surface area contributed by atoms with Crippen LogP contribution in [0.5, 0.6) is 0 Å². The third kappa shape index (κ3) is 4.42. The summed E-state index contributed by atoms with van der Waals surface area (Å²) in [4.78, 5) is 18.4. The van der Waals surface area contributed by atoms with Crippen molar-refractivity contribution in [2.75, 3.05) is 6.54 Å². The largest absolute Gasteiger partial charge is 0.333 e. The summed E-state index contributed by atoms with van der Waals surface area (Å²) in [7, 11) is 0. The molecule has 0 bridgehead atoms. The predicted molar refractivity (Wildman–Crippen MR) is 95.2 cm³/mol. The molecule has 2 atom stereocenters. The normalized spacial score (nSPS) is 18.6. The summed E-state index contributed by atoms with van der Waals surface area (Å²) in [5.74, 6) is -0.0612. The van der Waals surface area contributed by atoms with E-state index >= 15 is 0 Å². The molecule has 5 heteroatoms. The molecule has 1 aliphatic heterocycles. The lowest BCUT2D eigenvalue weighted by atomic mass is 10.0. The van der Waals surface area contributed by atoms with Gasteiger partial charge in [0.1, 0.15) is 5.82 Å². The van der Waals surface area contributed by atoms with E-state index < -0.39 is 0 Å². The summed E-state index contributed by atoms with van der Waals surface area (Å²) in [5.41, 5.74) is 2.13. The van der Waals surface area contributed by atoms with Gasteiger partial charge in [-0.05, 0) is 55.6 Å². The number of hydrogen-bond acceptors (Lipinski definition) is 3. The van der Waals surface area contributed by atoms with E-state index in [9.17, 15) is 9.18 Å². The number of amides is 1. The molecule has 132 valence electrons. The van der Waals surface area contributed by atoms with Crippen LogP contribution in [0.3, 0.4) is 0 Å². The van der Waals surface area contributed by atoms with Gasteiger partial charge in [0.15, 0.2) is 0 Å². The SMILES string of the molecule is C[C@H](c1ccc(F)cc1)N1C(=O)CC[C@H]1CCNCc1cccnc1. The van der Waals surface area contributed by atoms with E-state index in [4.69, 9.17) is 0 Å². The molecule has 0 aliphatic carbocycles. The Kier molecular flexibility index (Phi) is 5.76. The third-order valence-electron chi connectivity index (χ3n) is 4.85. The van der Waals surface area contributed by atoms with E-state index in [0.29, 0.717) is 6.42 Å². The molecule has 4 nitrogen and oxygen atoms in total. The van der Waals surface area contributed by atoms with Crippen LogP contribution in [0.25, 0.3) is 0 Å². The zero-order chi connectivity index (χ0) is 17.6. The number of rotatable bonds is 7. The smallest absolute Gasteiger partial charge is 0.223 e. The Morgan fingerprint density at radius 2 is 2.12 bits per heavy atom. The van der Waals surface area contributed by atoms with Crippen molar-refractivity contribution in [1.82, 2.24) is 15.2 Å². The molecule has 1 aromatic heterocycles. The molecule has 1 N–H and O–H groups in total. The number of pyridine rings is 1. The van der Waals surface area contributed by atoms with Crippen molar-refractivity contribution in [3.8, 4) is 0 Å². The summed E-state index contributed by atoms with van der Waals surface area (Å²) < 4.78 is 13.1. The second-order valence-corrected chi connectivity index (χ2v) is 6.55. The maximum Gasteiger partial charge on any atom is 0.223 e. The Morgan fingerprint density at radius 1 is 1.32 bits per heavy atom. The molecule has 1 saturated heterocycles. The summed E-state index contributed by atoms with van der Waals surface area (Å²) in [6, 6.07) is 10.6. The first-order valence-electron chi connectivity index (χ1n) is 8.81. The van der Waals surface area contributed by atoms with Gasteiger partial charge in [-0.15, -0.1) is 0 Å². The summed E-state index contributed by atoms with van der Waals surface area (Å²) in [6.45, 7) is 3.65. The Balaban J connectivity index is 1.55. The van der Waals surface area contributed by atoms with Crippen molar-refractivity contribution in [2.45, 2.75) is 44.8 Å². The van der Waals surface area contributed by atoms with Crippen LogP contribution in [0.2, 0.25) is 0 Å². The van der Waals surface area contributed by atoms with Gasteiger partial charge in [0.25, 0.3) is 0 Å². The molecule has 0 unspecified atom stereocenters. The van der Waals surface area contributed by atoms with Crippen LogP contribution in [0.15, 0.2) is 48.8 Å². The molecular formula is C20H24FN3O. The summed E-state index contributed by atoms with van der Waals surface area (Å²) in [5, 5.41) is 3.42. The molecule has 2 aromatic rings. The molecular weight excluding hydrogens is 317 g/mol. The molecule has 0 saturated carbocycles. The minimum Gasteiger partial charge on any atom is -0.333 e. The maximum atomic E-state index is 13.1. The van der Waals surface area contributed by atoms with Crippen molar-refractivity contribution in [3.63, 3.8) is 0 Å². The van der Waals surface area contributed by atoms with Crippen LogP contribution in [-0.4, -0.2) is 28.4 Å². The van der Waals surface area contributed by atoms with E-state index in [1.807, 2.05) is 30.2 Å². The lowest BCUT2D eigenvalue weighted by molar-refractivity contribution is -0.131. The highest BCUT2D eigenvalue weighted by molar-refractivity contribution is 5.79. The zero-order valence-corrected chi connectivity index (χ0v) is 14.5. The van der Waals surface area contributed by atoms with E-state index in [0.717, 1.165) is 37.1 Å². The average molecular weight is 341 g/mol. The molecule has 1 aliphatic rings. The van der Waals surface area contributed by atoms with E-state index in [2.05, 4.69) is 10.3 Å². The van der Waals surface area contributed by atoms with Crippen LogP contribution >= 0.6 is 0 Å². The van der Waals surface area contributed by atoms with Gasteiger partial charge in [0, 0.05) is 31.4 Å². The minimum atomic E-state index is -0.250. The molecule has 0 spiro atoms. The van der Waals surface area contributed by atoms with E-state index in [1.54, 1.807) is 18.3 Å². The number of halogens is 1. The summed E-state index contributed by atoms with van der Waals surface area (Å²) in [6.07, 6.45) is 6.02. The van der Waals surface area contributed by atoms with E-state index in [-0.39, 0.29) is 23.8 Å². The van der Waals surface area contributed by atoms with Gasteiger partial charge in [0.05, 0.1) is 6.04 Å². The fourth-order valence-electron chi connectivity index (χ4n) is 3.48. The Bertz CT molecular complexity index is 690. The predicted octanol–water partition coefficient (Wildman–Crippen LogP) is 3.45. The number of benzene rings is 1. The van der Waals surface area contributed by atoms with Gasteiger partial charge in [-0.3, -0.25) is 9.78 Å². The number of nitrogens with one attached hydrogen (secondary N) is 1. The average Bonchev–Trinajstić information content (AvgIpc) is 3.00. The van der Waals surface area contributed by atoms with Gasteiger partial charge in [-0.2, -0.15) is 0 Å². The van der Waals surface area contributed by atoms with Gasteiger partial charge < -0.3 is 10.2 Å². The molecule has 3 rings (SSSR count). The van der Waals surface area contributed by atoms with Crippen molar-refractivity contribution in [2.24, 2.45) is 0 Å². The first-order valence-corrected chi connectivity index (χ1v) is 8.81. The van der Waals surface area contributed by atoms with Crippen molar-refractivity contribution >= 4 is 5.91 Å². The number of aromatic nitrogens is 1. The Labute approximate surface area is 148 Å². The summed E-state index contributed by atoms with van der Waals surface area (Å²) >= 11 is 0. The zero-order valence-electron chi connectivity index (χ0n) is 14.5. The first kappa shape index (κ1) is 17.5. The highest BCUT2D eigenvalue weighted by atomic mass is 19.1. The topological polar surface area (TPSA) is 45.2 Å². The van der Waals surface area contributed by atoms with Gasteiger partial charge in [-0.25, -0.2) is 4.39 Å². The van der Waals surface area contributed by atoms with Gasteiger partial charge >= 0.3 is 0 Å². The second-order valence-electron chi connectivity index (χ2n) is 6.55. The van der Waals surface area contributed by atoms with E-state index in [1.165, 1.54) is 12.1 Å². The molecule has 1 amide bonds. The Hall–Kier alpha value is -2.27. The highest BCUT2D eigenvalue weighted by Crippen LogP contribution is 2.31. The molecule has 1 fully saturated rings.